The fourth-order valence-corrected chi connectivity index (χ4v) is 3.65. The molecule has 2 aromatic rings. The molecule has 0 aliphatic carbocycles. The minimum absolute atomic E-state index is 0.00909. The highest BCUT2D eigenvalue weighted by Gasteiger charge is 2.29. The van der Waals surface area contributed by atoms with Gasteiger partial charge < -0.3 is 15.0 Å². The third kappa shape index (κ3) is 4.24. The second kappa shape index (κ2) is 7.99. The molecule has 1 amide bonds. The largest absolute Gasteiger partial charge is 0.381 e. The van der Waals surface area contributed by atoms with E-state index < -0.39 is 5.82 Å². The summed E-state index contributed by atoms with van der Waals surface area (Å²) < 4.78 is 20.4. The zero-order valence-electron chi connectivity index (χ0n) is 15.1. The number of nitrogens with zero attached hydrogens (tertiary/aromatic N) is 5. The average molecular weight is 374 g/mol. The Labute approximate surface area is 156 Å². The van der Waals surface area contributed by atoms with E-state index in [-0.39, 0.29) is 11.9 Å². The van der Waals surface area contributed by atoms with Crippen molar-refractivity contribution in [1.82, 2.24) is 25.1 Å². The molecule has 1 saturated heterocycles. The van der Waals surface area contributed by atoms with Crippen molar-refractivity contribution < 1.29 is 13.9 Å². The van der Waals surface area contributed by atoms with Crippen LogP contribution in [-0.4, -0.2) is 52.0 Å². The minimum Gasteiger partial charge on any atom is -0.381 e. The quantitative estimate of drug-likeness (QED) is 0.849. The predicted octanol–water partition coefficient (Wildman–Crippen LogP) is 1.31. The fourth-order valence-electron chi connectivity index (χ4n) is 3.65. The summed E-state index contributed by atoms with van der Waals surface area (Å²) >= 11 is 0. The van der Waals surface area contributed by atoms with Gasteiger partial charge in [-0.15, -0.1) is 0 Å². The number of carbonyl (C=O) groups excluding carboxylic acids is 1. The van der Waals surface area contributed by atoms with Gasteiger partial charge in [-0.1, -0.05) is 0 Å². The third-order valence-corrected chi connectivity index (χ3v) is 5.12. The molecule has 9 heteroatoms. The first-order chi connectivity index (χ1) is 13.2. The summed E-state index contributed by atoms with van der Waals surface area (Å²) in [6.07, 6.45) is 6.35. The molecule has 4 heterocycles. The monoisotopic (exact) mass is 374 g/mol. The molecule has 2 aliphatic heterocycles. The molecule has 0 radical (unpaired) electrons. The summed E-state index contributed by atoms with van der Waals surface area (Å²) in [6.45, 7) is 3.35. The van der Waals surface area contributed by atoms with Crippen molar-refractivity contribution in [3.05, 3.63) is 36.2 Å². The topological polar surface area (TPSA) is 85.2 Å². The molecular formula is C18H23FN6O2. The Hall–Kier alpha value is -2.55. The number of hydrogen-bond donors (Lipinski definition) is 1. The Morgan fingerprint density at radius 1 is 1.30 bits per heavy atom. The number of ether oxygens (including phenoxy) is 1. The van der Waals surface area contributed by atoms with E-state index in [1.807, 2.05) is 15.6 Å². The highest BCUT2D eigenvalue weighted by atomic mass is 19.1. The van der Waals surface area contributed by atoms with Crippen molar-refractivity contribution in [2.45, 2.75) is 31.8 Å². The fraction of sp³-hybridized carbons (Fsp3) is 0.556. The Kier molecular flexibility index (Phi) is 5.28. The van der Waals surface area contributed by atoms with E-state index in [1.165, 1.54) is 0 Å². The first-order valence-corrected chi connectivity index (χ1v) is 9.28. The first-order valence-electron chi connectivity index (χ1n) is 9.28. The molecule has 27 heavy (non-hydrogen) atoms. The molecule has 0 aromatic carbocycles. The number of fused-ring (bicyclic) bond motifs is 1. The number of anilines is 1. The van der Waals surface area contributed by atoms with Crippen molar-refractivity contribution in [2.75, 3.05) is 31.2 Å². The van der Waals surface area contributed by atoms with E-state index in [0.29, 0.717) is 37.9 Å². The summed E-state index contributed by atoms with van der Waals surface area (Å²) in [7, 11) is 0. The Morgan fingerprint density at radius 3 is 2.85 bits per heavy atom. The van der Waals surface area contributed by atoms with Crippen molar-refractivity contribution in [3.8, 4) is 0 Å². The number of carbonyl (C=O) groups is 1. The van der Waals surface area contributed by atoms with Crippen LogP contribution in [0.3, 0.4) is 0 Å². The molecule has 0 saturated carbocycles. The molecule has 4 rings (SSSR count). The van der Waals surface area contributed by atoms with Crippen LogP contribution in [0.4, 0.5) is 10.3 Å². The number of rotatable bonds is 5. The first kappa shape index (κ1) is 17.8. The van der Waals surface area contributed by atoms with Crippen LogP contribution in [0.2, 0.25) is 0 Å². The normalized spacial score (nSPS) is 20.3. The maximum absolute atomic E-state index is 13.1. The van der Waals surface area contributed by atoms with Crippen LogP contribution < -0.4 is 10.2 Å². The third-order valence-electron chi connectivity index (χ3n) is 5.12. The second-order valence-electron chi connectivity index (χ2n) is 7.07. The van der Waals surface area contributed by atoms with Crippen LogP contribution in [0.25, 0.3) is 0 Å². The predicted molar refractivity (Wildman–Crippen MR) is 95.5 cm³/mol. The molecule has 0 unspecified atom stereocenters. The lowest BCUT2D eigenvalue weighted by molar-refractivity contribution is -0.122. The zero-order chi connectivity index (χ0) is 18.6. The van der Waals surface area contributed by atoms with Crippen LogP contribution in [0.15, 0.2) is 24.7 Å². The second-order valence-corrected chi connectivity index (χ2v) is 7.07. The minimum atomic E-state index is -0.468. The van der Waals surface area contributed by atoms with Gasteiger partial charge in [-0.25, -0.2) is 14.4 Å². The van der Waals surface area contributed by atoms with E-state index in [1.54, 1.807) is 6.20 Å². The van der Waals surface area contributed by atoms with Gasteiger partial charge in [0.05, 0.1) is 37.1 Å². The lowest BCUT2D eigenvalue weighted by atomic mass is 10.0. The van der Waals surface area contributed by atoms with Gasteiger partial charge >= 0.3 is 0 Å². The summed E-state index contributed by atoms with van der Waals surface area (Å²) in [6, 6.07) is 1.80. The van der Waals surface area contributed by atoms with Crippen molar-refractivity contribution >= 4 is 11.9 Å². The van der Waals surface area contributed by atoms with Crippen LogP contribution >= 0.6 is 0 Å². The molecule has 2 aromatic heterocycles. The van der Waals surface area contributed by atoms with Crippen molar-refractivity contribution in [3.63, 3.8) is 0 Å². The highest BCUT2D eigenvalue weighted by molar-refractivity contribution is 5.76. The van der Waals surface area contributed by atoms with Gasteiger partial charge in [0.25, 0.3) is 0 Å². The SMILES string of the molecule is O=C(C[C@@H]1CN(c2ncc(F)cn2)Cc2ccnn21)NCC1CCOCC1. The number of hydrogen-bond acceptors (Lipinski definition) is 6. The maximum atomic E-state index is 13.1. The average Bonchev–Trinajstić information content (AvgIpc) is 3.17. The van der Waals surface area contributed by atoms with Crippen LogP contribution in [0.1, 0.15) is 31.0 Å². The highest BCUT2D eigenvalue weighted by Crippen LogP contribution is 2.25. The van der Waals surface area contributed by atoms with Gasteiger partial charge in [-0.2, -0.15) is 5.10 Å². The number of aromatic nitrogens is 4. The molecule has 144 valence electrons. The maximum Gasteiger partial charge on any atom is 0.225 e. The van der Waals surface area contributed by atoms with Gasteiger partial charge in [0.2, 0.25) is 11.9 Å². The van der Waals surface area contributed by atoms with Gasteiger partial charge in [0.15, 0.2) is 5.82 Å². The van der Waals surface area contributed by atoms with Gasteiger partial charge in [0, 0.05) is 32.5 Å². The molecule has 1 atom stereocenters. The van der Waals surface area contributed by atoms with Gasteiger partial charge in [0.1, 0.15) is 0 Å². The molecule has 0 bridgehead atoms. The van der Waals surface area contributed by atoms with Crippen molar-refractivity contribution in [1.29, 1.82) is 0 Å². The van der Waals surface area contributed by atoms with E-state index in [4.69, 9.17) is 4.74 Å². The number of nitrogens with one attached hydrogen (secondary N) is 1. The number of amides is 1. The standard InChI is InChI=1S/C18H23FN6O2/c19-14-9-21-18(22-10-14)24-11-15-1-4-23-25(15)16(12-24)7-17(26)20-8-13-2-5-27-6-3-13/h1,4,9-10,13,16H,2-3,5-8,11-12H2,(H,20,26)/t16-/m1/s1. The Bertz CT molecular complexity index is 774. The van der Waals surface area contributed by atoms with E-state index >= 15 is 0 Å². The van der Waals surface area contributed by atoms with Crippen molar-refractivity contribution in [2.24, 2.45) is 5.92 Å². The van der Waals surface area contributed by atoms with Crippen LogP contribution in [0.5, 0.6) is 0 Å². The number of halogens is 1. The lowest BCUT2D eigenvalue weighted by Gasteiger charge is -2.33. The molecule has 1 fully saturated rings. The Balaban J connectivity index is 1.40. The molecule has 8 nitrogen and oxygen atoms in total. The van der Waals surface area contributed by atoms with E-state index in [9.17, 15) is 9.18 Å². The zero-order valence-corrected chi connectivity index (χ0v) is 15.1. The smallest absolute Gasteiger partial charge is 0.225 e. The van der Waals surface area contributed by atoms with Gasteiger partial charge in [-0.3, -0.25) is 9.48 Å². The lowest BCUT2D eigenvalue weighted by Crippen LogP contribution is -2.41. The van der Waals surface area contributed by atoms with Crippen LogP contribution in [0, 0.1) is 11.7 Å². The van der Waals surface area contributed by atoms with Gasteiger partial charge in [-0.05, 0) is 24.8 Å². The van der Waals surface area contributed by atoms with Crippen LogP contribution in [-0.2, 0) is 16.1 Å². The van der Waals surface area contributed by atoms with E-state index in [0.717, 1.165) is 44.1 Å². The molecule has 2 aliphatic rings. The summed E-state index contributed by atoms with van der Waals surface area (Å²) in [4.78, 5) is 22.6. The van der Waals surface area contributed by atoms with E-state index in [2.05, 4.69) is 20.4 Å². The summed E-state index contributed by atoms with van der Waals surface area (Å²) in [5.74, 6) is 0.481. The molecule has 0 spiro atoms. The summed E-state index contributed by atoms with van der Waals surface area (Å²) in [5, 5.41) is 7.43. The Morgan fingerprint density at radius 2 is 2.07 bits per heavy atom. The molecular weight excluding hydrogens is 351 g/mol. The molecule has 1 N–H and O–H groups in total. The summed E-state index contributed by atoms with van der Waals surface area (Å²) in [5.41, 5.74) is 0.983.